The van der Waals surface area contributed by atoms with E-state index in [4.69, 9.17) is 10.5 Å². The number of nitrogens with two attached hydrogens (primary N) is 1. The number of nitrogen functional groups attached to an aromatic ring is 1. The molecule has 1 aliphatic rings. The highest BCUT2D eigenvalue weighted by Gasteiger charge is 2.24. The highest BCUT2D eigenvalue weighted by molar-refractivity contribution is 5.99. The third kappa shape index (κ3) is 4.78. The molecule has 3 rings (SSSR count). The lowest BCUT2D eigenvalue weighted by atomic mass is 10.0. The van der Waals surface area contributed by atoms with Crippen LogP contribution in [-0.2, 0) is 11.2 Å². The van der Waals surface area contributed by atoms with Crippen LogP contribution >= 0.6 is 0 Å². The van der Waals surface area contributed by atoms with E-state index in [0.717, 1.165) is 24.2 Å². The predicted molar refractivity (Wildman–Crippen MR) is 105 cm³/mol. The Morgan fingerprint density at radius 3 is 2.59 bits per heavy atom. The zero-order valence-corrected chi connectivity index (χ0v) is 15.5. The van der Waals surface area contributed by atoms with Gasteiger partial charge >= 0.3 is 0 Å². The van der Waals surface area contributed by atoms with E-state index in [2.05, 4.69) is 5.32 Å². The van der Waals surface area contributed by atoms with Gasteiger partial charge in [-0.1, -0.05) is 24.3 Å². The molecule has 1 saturated heterocycles. The average Bonchev–Trinajstić information content (AvgIpc) is 2.69. The molecule has 2 aromatic carbocycles. The van der Waals surface area contributed by atoms with E-state index in [1.807, 2.05) is 29.2 Å². The van der Waals surface area contributed by atoms with Gasteiger partial charge in [-0.25, -0.2) is 0 Å². The molecule has 1 aliphatic heterocycles. The van der Waals surface area contributed by atoms with Gasteiger partial charge in [-0.05, 0) is 42.7 Å². The third-order valence-corrected chi connectivity index (χ3v) is 4.88. The number of para-hydroxylation sites is 1. The largest absolute Gasteiger partial charge is 0.497 e. The second-order valence-electron chi connectivity index (χ2n) is 6.74. The molecule has 0 aliphatic carbocycles. The second kappa shape index (κ2) is 8.58. The lowest BCUT2D eigenvalue weighted by Gasteiger charge is -2.32. The lowest BCUT2D eigenvalue weighted by molar-refractivity contribution is -0.131. The molecular formula is C21H25N3O3. The van der Waals surface area contributed by atoms with E-state index >= 15 is 0 Å². The quantitative estimate of drug-likeness (QED) is 0.794. The van der Waals surface area contributed by atoms with Gasteiger partial charge in [0.2, 0.25) is 5.91 Å². The third-order valence-electron chi connectivity index (χ3n) is 4.88. The molecule has 2 aromatic rings. The first kappa shape index (κ1) is 18.8. The van der Waals surface area contributed by atoms with Crippen molar-refractivity contribution in [3.63, 3.8) is 0 Å². The summed E-state index contributed by atoms with van der Waals surface area (Å²) in [6.07, 6.45) is 1.83. The number of amides is 2. The van der Waals surface area contributed by atoms with Crippen molar-refractivity contribution < 1.29 is 14.3 Å². The average molecular weight is 367 g/mol. The lowest BCUT2D eigenvalue weighted by Crippen LogP contribution is -2.47. The number of anilines is 1. The first-order valence-electron chi connectivity index (χ1n) is 9.13. The van der Waals surface area contributed by atoms with E-state index in [-0.39, 0.29) is 17.9 Å². The number of carbonyl (C=O) groups is 2. The van der Waals surface area contributed by atoms with Gasteiger partial charge in [0.05, 0.1) is 19.1 Å². The van der Waals surface area contributed by atoms with Crippen molar-refractivity contribution in [3.8, 4) is 5.75 Å². The SMILES string of the molecule is COc1cccc(CC(=O)N2CCC(NC(=O)c3ccccc3N)CC2)c1. The van der Waals surface area contributed by atoms with E-state index in [9.17, 15) is 9.59 Å². The molecule has 0 bridgehead atoms. The molecule has 0 unspecified atom stereocenters. The minimum Gasteiger partial charge on any atom is -0.497 e. The number of nitrogens with one attached hydrogen (secondary N) is 1. The maximum Gasteiger partial charge on any atom is 0.253 e. The summed E-state index contributed by atoms with van der Waals surface area (Å²) in [5.74, 6) is 0.691. The number of hydrogen-bond donors (Lipinski definition) is 2. The topological polar surface area (TPSA) is 84.7 Å². The van der Waals surface area contributed by atoms with Crippen LogP contribution in [0.4, 0.5) is 5.69 Å². The van der Waals surface area contributed by atoms with E-state index in [0.29, 0.717) is 30.8 Å². The molecule has 2 amide bonds. The van der Waals surface area contributed by atoms with Crippen molar-refractivity contribution in [2.45, 2.75) is 25.3 Å². The Bertz CT molecular complexity index is 814. The van der Waals surface area contributed by atoms with Crippen molar-refractivity contribution >= 4 is 17.5 Å². The standard InChI is InChI=1S/C21H25N3O3/c1-27-17-6-4-5-15(13-17)14-20(25)24-11-9-16(10-12-24)23-21(26)18-7-2-3-8-19(18)22/h2-8,13,16H,9-12,14,22H2,1H3,(H,23,26). The summed E-state index contributed by atoms with van der Waals surface area (Å²) in [4.78, 5) is 26.8. The van der Waals surface area contributed by atoms with Crippen molar-refractivity contribution in [2.24, 2.45) is 0 Å². The molecule has 0 atom stereocenters. The van der Waals surface area contributed by atoms with E-state index in [1.165, 1.54) is 0 Å². The number of ether oxygens (including phenoxy) is 1. The van der Waals surface area contributed by atoms with Gasteiger partial charge in [0.25, 0.3) is 5.91 Å². The molecule has 1 fully saturated rings. The molecule has 6 nitrogen and oxygen atoms in total. The van der Waals surface area contributed by atoms with Crippen LogP contribution in [0.2, 0.25) is 0 Å². The molecule has 27 heavy (non-hydrogen) atoms. The van der Waals surface area contributed by atoms with Crippen LogP contribution in [0, 0.1) is 0 Å². The monoisotopic (exact) mass is 367 g/mol. The van der Waals surface area contributed by atoms with Gasteiger partial charge < -0.3 is 20.7 Å². The molecule has 0 saturated carbocycles. The fourth-order valence-corrected chi connectivity index (χ4v) is 3.31. The summed E-state index contributed by atoms with van der Waals surface area (Å²) < 4.78 is 5.20. The Hall–Kier alpha value is -3.02. The number of carbonyl (C=O) groups excluding carboxylic acids is 2. The smallest absolute Gasteiger partial charge is 0.253 e. The summed E-state index contributed by atoms with van der Waals surface area (Å²) in [6.45, 7) is 1.27. The molecule has 0 radical (unpaired) electrons. The first-order valence-corrected chi connectivity index (χ1v) is 9.13. The van der Waals surface area contributed by atoms with Crippen molar-refractivity contribution in [3.05, 3.63) is 59.7 Å². The zero-order chi connectivity index (χ0) is 19.2. The van der Waals surface area contributed by atoms with Crippen LogP contribution in [0.3, 0.4) is 0 Å². The van der Waals surface area contributed by atoms with Crippen molar-refractivity contribution in [1.29, 1.82) is 0 Å². The van der Waals surface area contributed by atoms with Crippen LogP contribution in [0.25, 0.3) is 0 Å². The van der Waals surface area contributed by atoms with Crippen LogP contribution in [0.15, 0.2) is 48.5 Å². The number of methoxy groups -OCH3 is 1. The molecule has 6 heteroatoms. The highest BCUT2D eigenvalue weighted by atomic mass is 16.5. The van der Waals surface area contributed by atoms with E-state index in [1.54, 1.807) is 31.4 Å². The summed E-state index contributed by atoms with van der Waals surface area (Å²) in [7, 11) is 1.61. The van der Waals surface area contributed by atoms with Gasteiger partial charge in [0.15, 0.2) is 0 Å². The Morgan fingerprint density at radius 1 is 1.15 bits per heavy atom. The zero-order valence-electron chi connectivity index (χ0n) is 15.5. The number of hydrogen-bond acceptors (Lipinski definition) is 4. The number of rotatable bonds is 5. The van der Waals surface area contributed by atoms with Gasteiger partial charge in [-0.2, -0.15) is 0 Å². The molecular weight excluding hydrogens is 342 g/mol. The second-order valence-corrected chi connectivity index (χ2v) is 6.74. The van der Waals surface area contributed by atoms with Crippen LogP contribution in [0.1, 0.15) is 28.8 Å². The number of nitrogens with zero attached hydrogens (tertiary/aromatic N) is 1. The van der Waals surface area contributed by atoms with Crippen LogP contribution in [0.5, 0.6) is 5.75 Å². The normalized spacial score (nSPS) is 14.6. The summed E-state index contributed by atoms with van der Waals surface area (Å²) in [5.41, 5.74) is 7.77. The molecule has 142 valence electrons. The van der Waals surface area contributed by atoms with Crippen molar-refractivity contribution in [1.82, 2.24) is 10.2 Å². The maximum absolute atomic E-state index is 12.5. The molecule has 0 spiro atoms. The molecule has 1 heterocycles. The first-order chi connectivity index (χ1) is 13.1. The predicted octanol–water partition coefficient (Wildman–Crippen LogP) is 2.24. The summed E-state index contributed by atoms with van der Waals surface area (Å²) in [5, 5.41) is 3.03. The molecule has 0 aromatic heterocycles. The Morgan fingerprint density at radius 2 is 1.89 bits per heavy atom. The number of benzene rings is 2. The Labute approximate surface area is 159 Å². The van der Waals surface area contributed by atoms with Crippen LogP contribution in [-0.4, -0.2) is 43.0 Å². The Balaban J connectivity index is 1.50. The fraction of sp³-hybridized carbons (Fsp3) is 0.333. The number of likely N-dealkylation sites (tertiary alicyclic amines) is 1. The fourth-order valence-electron chi connectivity index (χ4n) is 3.31. The van der Waals surface area contributed by atoms with Crippen LogP contribution < -0.4 is 15.8 Å². The summed E-state index contributed by atoms with van der Waals surface area (Å²) >= 11 is 0. The minimum atomic E-state index is -0.158. The van der Waals surface area contributed by atoms with Crippen molar-refractivity contribution in [2.75, 3.05) is 25.9 Å². The number of piperidine rings is 1. The Kier molecular flexibility index (Phi) is 5.96. The van der Waals surface area contributed by atoms with E-state index < -0.39 is 0 Å². The highest BCUT2D eigenvalue weighted by Crippen LogP contribution is 2.17. The van der Waals surface area contributed by atoms with Gasteiger partial charge in [0.1, 0.15) is 5.75 Å². The van der Waals surface area contributed by atoms with Gasteiger partial charge in [-0.3, -0.25) is 9.59 Å². The minimum absolute atomic E-state index is 0.0537. The maximum atomic E-state index is 12.5. The molecule has 3 N–H and O–H groups in total. The van der Waals surface area contributed by atoms with Gasteiger partial charge in [0, 0.05) is 24.8 Å². The van der Waals surface area contributed by atoms with Gasteiger partial charge in [-0.15, -0.1) is 0 Å². The summed E-state index contributed by atoms with van der Waals surface area (Å²) in [6, 6.07) is 14.7.